The maximum Gasteiger partial charge on any atom is 0.268 e. The molecule has 52 heavy (non-hydrogen) atoms. The summed E-state index contributed by atoms with van der Waals surface area (Å²) in [4.78, 5) is 27.2. The number of likely N-dealkylation sites (N-methyl/N-ethyl adjacent to an activating group) is 2. The smallest absolute Gasteiger partial charge is 0.268 e. The topological polar surface area (TPSA) is 88.1 Å². The molecule has 0 aliphatic rings. The van der Waals surface area contributed by atoms with Gasteiger partial charge >= 0.3 is 0 Å². The van der Waals surface area contributed by atoms with Crippen molar-refractivity contribution in [3.63, 3.8) is 0 Å². The summed E-state index contributed by atoms with van der Waals surface area (Å²) in [7, 11) is 3.10. The van der Waals surface area contributed by atoms with Crippen molar-refractivity contribution in [1.82, 2.24) is 4.90 Å². The summed E-state index contributed by atoms with van der Waals surface area (Å²) >= 11 is 0. The Balaban J connectivity index is 4.33. The number of phosphoric ester groups is 1. The van der Waals surface area contributed by atoms with Gasteiger partial charge in [0, 0.05) is 26.6 Å². The molecule has 1 amide bonds. The highest BCUT2D eigenvalue weighted by molar-refractivity contribution is 7.45. The van der Waals surface area contributed by atoms with Crippen LogP contribution in [-0.4, -0.2) is 82.5 Å². The van der Waals surface area contributed by atoms with Gasteiger partial charge in [-0.1, -0.05) is 161 Å². The number of ether oxygens (including phenoxy) is 1. The molecule has 0 aromatic heterocycles. The Kier molecular flexibility index (Phi) is 35.4. The van der Waals surface area contributed by atoms with Gasteiger partial charge in [-0.25, -0.2) is 0 Å². The summed E-state index contributed by atoms with van der Waals surface area (Å²) in [5.74, 6) is 0.0108. The van der Waals surface area contributed by atoms with Crippen LogP contribution in [0.4, 0.5) is 0 Å². The van der Waals surface area contributed by atoms with E-state index in [1.165, 1.54) is 141 Å². The SMILES string of the molecule is CCCCCCCC/C=C\CCCCCCCCOCC(CN(C)C(=O)CCCCCCCCCCCCCCC)OP(=O)([O-])OCC[N+](C)(C)C. The summed E-state index contributed by atoms with van der Waals surface area (Å²) < 4.78 is 29.8. The van der Waals surface area contributed by atoms with E-state index < -0.39 is 13.9 Å². The number of hydrogen-bond acceptors (Lipinski definition) is 6. The molecule has 0 saturated heterocycles. The Morgan fingerprint density at radius 3 is 1.54 bits per heavy atom. The highest BCUT2D eigenvalue weighted by Gasteiger charge is 2.23. The largest absolute Gasteiger partial charge is 0.756 e. The van der Waals surface area contributed by atoms with Crippen molar-refractivity contribution < 1.29 is 32.5 Å². The summed E-state index contributed by atoms with van der Waals surface area (Å²) in [5, 5.41) is 0. The van der Waals surface area contributed by atoms with Crippen molar-refractivity contribution in [3.8, 4) is 0 Å². The zero-order valence-electron chi connectivity index (χ0n) is 35.4. The number of nitrogens with zero attached hydrogens (tertiary/aromatic N) is 2. The predicted octanol–water partition coefficient (Wildman–Crippen LogP) is 11.6. The van der Waals surface area contributed by atoms with E-state index in [1.807, 2.05) is 21.1 Å². The molecule has 8 nitrogen and oxygen atoms in total. The second-order valence-electron chi connectivity index (χ2n) is 16.3. The molecule has 0 aliphatic carbocycles. The first-order chi connectivity index (χ1) is 25.0. The van der Waals surface area contributed by atoms with Crippen LogP contribution in [0.3, 0.4) is 0 Å². The molecule has 2 unspecified atom stereocenters. The lowest BCUT2D eigenvalue weighted by Gasteiger charge is -2.31. The number of carbonyl (C=O) groups excluding carboxylic acids is 1. The molecular weight excluding hydrogens is 671 g/mol. The number of hydrogen-bond donors (Lipinski definition) is 0. The van der Waals surface area contributed by atoms with Crippen molar-refractivity contribution in [2.75, 3.05) is 61.1 Å². The molecule has 0 rings (SSSR count). The van der Waals surface area contributed by atoms with Crippen LogP contribution in [0.1, 0.15) is 194 Å². The minimum atomic E-state index is -4.55. The van der Waals surface area contributed by atoms with Crippen LogP contribution in [0.2, 0.25) is 0 Å². The third-order valence-corrected chi connectivity index (χ3v) is 10.8. The first kappa shape index (κ1) is 51.2. The van der Waals surface area contributed by atoms with Crippen LogP contribution in [0.15, 0.2) is 12.2 Å². The van der Waals surface area contributed by atoms with Crippen LogP contribution in [0.25, 0.3) is 0 Å². The summed E-state index contributed by atoms with van der Waals surface area (Å²) in [5.41, 5.74) is 0. The van der Waals surface area contributed by atoms with E-state index in [0.717, 1.165) is 32.1 Å². The van der Waals surface area contributed by atoms with Gasteiger partial charge in [-0.3, -0.25) is 9.36 Å². The van der Waals surface area contributed by atoms with Crippen LogP contribution < -0.4 is 4.89 Å². The van der Waals surface area contributed by atoms with Crippen LogP contribution in [0.5, 0.6) is 0 Å². The van der Waals surface area contributed by atoms with Gasteiger partial charge in [-0.15, -0.1) is 0 Å². The molecule has 0 spiro atoms. The number of amides is 1. The molecule has 0 aromatic carbocycles. The van der Waals surface area contributed by atoms with Gasteiger partial charge in [-0.2, -0.15) is 0 Å². The minimum Gasteiger partial charge on any atom is -0.756 e. The second kappa shape index (κ2) is 35.9. The van der Waals surface area contributed by atoms with E-state index in [-0.39, 0.29) is 25.7 Å². The normalized spacial score (nSPS) is 13.9. The van der Waals surface area contributed by atoms with Gasteiger partial charge in [-0.05, 0) is 38.5 Å². The van der Waals surface area contributed by atoms with Crippen molar-refractivity contribution in [2.24, 2.45) is 0 Å². The lowest BCUT2D eigenvalue weighted by atomic mass is 10.0. The Morgan fingerprint density at radius 1 is 0.654 bits per heavy atom. The van der Waals surface area contributed by atoms with Crippen molar-refractivity contribution >= 4 is 13.7 Å². The number of allylic oxidation sites excluding steroid dienone is 2. The van der Waals surface area contributed by atoms with Gasteiger partial charge in [0.1, 0.15) is 19.3 Å². The maximum absolute atomic E-state index is 12.9. The van der Waals surface area contributed by atoms with E-state index >= 15 is 0 Å². The molecule has 0 bridgehead atoms. The number of carbonyl (C=O) groups is 1. The number of unbranched alkanes of at least 4 members (excludes halogenated alkanes) is 24. The highest BCUT2D eigenvalue weighted by Crippen LogP contribution is 2.40. The quantitative estimate of drug-likeness (QED) is 0.0268. The van der Waals surface area contributed by atoms with E-state index in [1.54, 1.807) is 11.9 Å². The van der Waals surface area contributed by atoms with Gasteiger partial charge in [0.2, 0.25) is 5.91 Å². The van der Waals surface area contributed by atoms with Gasteiger partial charge < -0.3 is 28.1 Å². The molecule has 310 valence electrons. The maximum atomic E-state index is 12.9. The first-order valence-electron chi connectivity index (χ1n) is 21.9. The monoisotopic (exact) mass is 759 g/mol. The van der Waals surface area contributed by atoms with Crippen molar-refractivity contribution in [3.05, 3.63) is 12.2 Å². The van der Waals surface area contributed by atoms with Gasteiger partial charge in [0.05, 0.1) is 27.7 Å². The van der Waals surface area contributed by atoms with Gasteiger partial charge in [0.25, 0.3) is 7.82 Å². The van der Waals surface area contributed by atoms with Crippen LogP contribution >= 0.6 is 7.82 Å². The third-order valence-electron chi connectivity index (χ3n) is 9.79. The summed E-state index contributed by atoms with van der Waals surface area (Å²) in [6, 6.07) is 0. The standard InChI is InChI=1S/C43H87N2O6P/c1-7-9-11-13-15-17-19-21-22-23-25-27-29-31-33-35-38-49-41-42(51-52(47,48)50-39-37-45(4,5)6)40-44(3)43(46)36-34-32-30-28-26-24-20-18-16-14-12-10-8-2/h21-22,42H,7-20,23-41H2,1-6H3/b22-21-. The Hall–Kier alpha value is -0.760. The van der Waals surface area contributed by atoms with Crippen molar-refractivity contribution in [2.45, 2.75) is 200 Å². The zero-order valence-corrected chi connectivity index (χ0v) is 36.3. The molecule has 0 aliphatic heterocycles. The average Bonchev–Trinajstić information content (AvgIpc) is 3.08. The number of quaternary nitrogens is 1. The fourth-order valence-electron chi connectivity index (χ4n) is 6.31. The lowest BCUT2D eigenvalue weighted by molar-refractivity contribution is -0.870. The predicted molar refractivity (Wildman–Crippen MR) is 220 cm³/mol. The minimum absolute atomic E-state index is 0.0108. The van der Waals surface area contributed by atoms with E-state index in [9.17, 15) is 14.3 Å². The Morgan fingerprint density at radius 2 is 1.08 bits per heavy atom. The molecule has 0 N–H and O–H groups in total. The number of rotatable bonds is 40. The van der Waals surface area contributed by atoms with Crippen molar-refractivity contribution in [1.29, 1.82) is 0 Å². The number of phosphoric acid groups is 1. The van der Waals surface area contributed by atoms with E-state index in [2.05, 4.69) is 26.0 Å². The highest BCUT2D eigenvalue weighted by atomic mass is 31.2. The fraction of sp³-hybridized carbons (Fsp3) is 0.930. The first-order valence-corrected chi connectivity index (χ1v) is 23.4. The third kappa shape index (κ3) is 37.6. The lowest BCUT2D eigenvalue weighted by Crippen LogP contribution is -2.39. The Bertz CT molecular complexity index is 865. The second-order valence-corrected chi connectivity index (χ2v) is 17.7. The van der Waals surface area contributed by atoms with Crippen LogP contribution in [0, 0.1) is 0 Å². The molecule has 9 heteroatoms. The summed E-state index contributed by atoms with van der Waals surface area (Å²) in [6.07, 6.45) is 38.3. The molecule has 0 fully saturated rings. The van der Waals surface area contributed by atoms with E-state index in [4.69, 9.17) is 13.8 Å². The average molecular weight is 759 g/mol. The molecule has 0 heterocycles. The van der Waals surface area contributed by atoms with E-state index in [0.29, 0.717) is 24.1 Å². The molecule has 2 atom stereocenters. The molecular formula is C43H87N2O6P. The summed E-state index contributed by atoms with van der Waals surface area (Å²) in [6.45, 7) is 5.90. The fourth-order valence-corrected chi connectivity index (χ4v) is 7.17. The molecule has 0 aromatic rings. The Labute approximate surface area is 323 Å². The zero-order chi connectivity index (χ0) is 38.6. The molecule has 0 saturated carbocycles. The van der Waals surface area contributed by atoms with Crippen LogP contribution in [-0.2, 0) is 23.1 Å². The van der Waals surface area contributed by atoms with Gasteiger partial charge in [0.15, 0.2) is 0 Å². The molecule has 0 radical (unpaired) electrons.